The second-order valence-corrected chi connectivity index (χ2v) is 2.56. The van der Waals surface area contributed by atoms with E-state index >= 15 is 0 Å². The largest absolute Gasteiger partial charge is 0.398 e. The van der Waals surface area contributed by atoms with Crippen molar-refractivity contribution in [3.63, 3.8) is 0 Å². The highest BCUT2D eigenvalue weighted by Gasteiger charge is 2.08. The van der Waals surface area contributed by atoms with Crippen LogP contribution in [0.3, 0.4) is 0 Å². The zero-order valence-corrected chi connectivity index (χ0v) is 6.50. The SMILES string of the molecule is Nc1ccc(F)cc1[C@H](N)CO. The van der Waals surface area contributed by atoms with E-state index in [-0.39, 0.29) is 6.61 Å². The van der Waals surface area contributed by atoms with Crippen LogP contribution in [0, 0.1) is 5.82 Å². The predicted octanol–water partition coefficient (Wildman–Crippen LogP) is 0.400. The van der Waals surface area contributed by atoms with Crippen LogP contribution in [0.2, 0.25) is 0 Å². The molecule has 0 aliphatic rings. The van der Waals surface area contributed by atoms with E-state index in [1.165, 1.54) is 18.2 Å². The van der Waals surface area contributed by atoms with Crippen molar-refractivity contribution in [1.82, 2.24) is 0 Å². The van der Waals surface area contributed by atoms with Gasteiger partial charge in [-0.1, -0.05) is 0 Å². The molecule has 0 bridgehead atoms. The van der Waals surface area contributed by atoms with Crippen LogP contribution in [-0.2, 0) is 0 Å². The fourth-order valence-electron chi connectivity index (χ4n) is 0.965. The monoisotopic (exact) mass is 170 g/mol. The maximum absolute atomic E-state index is 12.7. The van der Waals surface area contributed by atoms with Crippen molar-refractivity contribution in [2.75, 3.05) is 12.3 Å². The van der Waals surface area contributed by atoms with Gasteiger partial charge in [-0.05, 0) is 23.8 Å². The van der Waals surface area contributed by atoms with E-state index in [1.807, 2.05) is 0 Å². The van der Waals surface area contributed by atoms with Gasteiger partial charge in [0.15, 0.2) is 0 Å². The van der Waals surface area contributed by atoms with E-state index in [9.17, 15) is 4.39 Å². The highest BCUT2D eigenvalue weighted by atomic mass is 19.1. The summed E-state index contributed by atoms with van der Waals surface area (Å²) in [4.78, 5) is 0. The number of aliphatic hydroxyl groups excluding tert-OH is 1. The van der Waals surface area contributed by atoms with Gasteiger partial charge in [0.2, 0.25) is 0 Å². The minimum absolute atomic E-state index is 0.242. The molecule has 1 aromatic carbocycles. The first-order valence-electron chi connectivity index (χ1n) is 3.56. The molecule has 3 nitrogen and oxygen atoms in total. The number of rotatable bonds is 2. The molecule has 0 heterocycles. The van der Waals surface area contributed by atoms with Crippen molar-refractivity contribution < 1.29 is 9.50 Å². The third-order valence-electron chi connectivity index (χ3n) is 1.65. The lowest BCUT2D eigenvalue weighted by Crippen LogP contribution is -2.16. The molecule has 4 heteroatoms. The van der Waals surface area contributed by atoms with Crippen molar-refractivity contribution in [3.05, 3.63) is 29.6 Å². The first-order valence-corrected chi connectivity index (χ1v) is 3.56. The third kappa shape index (κ3) is 1.72. The Kier molecular flexibility index (Phi) is 2.62. The van der Waals surface area contributed by atoms with E-state index in [4.69, 9.17) is 16.6 Å². The Balaban J connectivity index is 3.04. The first kappa shape index (κ1) is 8.96. The van der Waals surface area contributed by atoms with Gasteiger partial charge in [0, 0.05) is 5.69 Å². The molecule has 0 radical (unpaired) electrons. The quantitative estimate of drug-likeness (QED) is 0.562. The van der Waals surface area contributed by atoms with Crippen molar-refractivity contribution in [2.45, 2.75) is 6.04 Å². The average molecular weight is 170 g/mol. The summed E-state index contributed by atoms with van der Waals surface area (Å²) >= 11 is 0. The molecule has 0 saturated carbocycles. The summed E-state index contributed by atoms with van der Waals surface area (Å²) < 4.78 is 12.7. The molecule has 12 heavy (non-hydrogen) atoms. The Labute approximate surface area is 69.8 Å². The molecule has 0 amide bonds. The van der Waals surface area contributed by atoms with Gasteiger partial charge in [-0.25, -0.2) is 4.39 Å². The molecule has 0 aliphatic heterocycles. The van der Waals surface area contributed by atoms with Gasteiger partial charge >= 0.3 is 0 Å². The normalized spacial score (nSPS) is 12.9. The fraction of sp³-hybridized carbons (Fsp3) is 0.250. The number of nitrogen functional groups attached to an aromatic ring is 1. The summed E-state index contributed by atoms with van der Waals surface area (Å²) in [6.07, 6.45) is 0. The van der Waals surface area contributed by atoms with Crippen LogP contribution in [0.25, 0.3) is 0 Å². The molecule has 1 atom stereocenters. The van der Waals surface area contributed by atoms with E-state index in [2.05, 4.69) is 0 Å². The van der Waals surface area contributed by atoms with Crippen LogP contribution in [0.5, 0.6) is 0 Å². The summed E-state index contributed by atoms with van der Waals surface area (Å²) in [6.45, 7) is -0.242. The maximum Gasteiger partial charge on any atom is 0.123 e. The van der Waals surface area contributed by atoms with Gasteiger partial charge in [-0.2, -0.15) is 0 Å². The van der Waals surface area contributed by atoms with Gasteiger partial charge < -0.3 is 16.6 Å². The number of aliphatic hydroxyl groups is 1. The number of hydrogen-bond acceptors (Lipinski definition) is 3. The molecule has 0 aromatic heterocycles. The minimum atomic E-state index is -0.610. The maximum atomic E-state index is 12.7. The van der Waals surface area contributed by atoms with E-state index in [0.29, 0.717) is 11.3 Å². The molecule has 1 aromatic rings. The molecule has 0 saturated heterocycles. The topological polar surface area (TPSA) is 72.3 Å². The number of halogens is 1. The van der Waals surface area contributed by atoms with Crippen LogP contribution in [-0.4, -0.2) is 11.7 Å². The van der Waals surface area contributed by atoms with E-state index < -0.39 is 11.9 Å². The van der Waals surface area contributed by atoms with Crippen LogP contribution in [0.1, 0.15) is 11.6 Å². The number of anilines is 1. The molecule has 5 N–H and O–H groups in total. The number of nitrogens with two attached hydrogens (primary N) is 2. The lowest BCUT2D eigenvalue weighted by atomic mass is 10.1. The summed E-state index contributed by atoms with van der Waals surface area (Å²) in [5.41, 5.74) is 11.8. The molecule has 0 spiro atoms. The Bertz CT molecular complexity index is 278. The second kappa shape index (κ2) is 3.51. The zero-order chi connectivity index (χ0) is 9.14. The van der Waals surface area contributed by atoms with Gasteiger partial charge in [0.25, 0.3) is 0 Å². The van der Waals surface area contributed by atoms with Gasteiger partial charge in [-0.15, -0.1) is 0 Å². The summed E-state index contributed by atoms with van der Waals surface area (Å²) in [7, 11) is 0. The van der Waals surface area contributed by atoms with Gasteiger partial charge in [-0.3, -0.25) is 0 Å². The molecular formula is C8H11FN2O. The predicted molar refractivity (Wildman–Crippen MR) is 44.8 cm³/mol. The van der Waals surface area contributed by atoms with Gasteiger partial charge in [0.1, 0.15) is 5.82 Å². The molecule has 0 aliphatic carbocycles. The smallest absolute Gasteiger partial charge is 0.123 e. The third-order valence-corrected chi connectivity index (χ3v) is 1.65. The van der Waals surface area contributed by atoms with E-state index in [1.54, 1.807) is 0 Å². The minimum Gasteiger partial charge on any atom is -0.398 e. The zero-order valence-electron chi connectivity index (χ0n) is 6.50. The summed E-state index contributed by atoms with van der Waals surface area (Å²) in [5.74, 6) is -0.400. The highest BCUT2D eigenvalue weighted by Crippen LogP contribution is 2.18. The Morgan fingerprint density at radius 3 is 2.75 bits per heavy atom. The standard InChI is InChI=1S/C8H11FN2O/c9-5-1-2-7(10)6(3-5)8(11)4-12/h1-3,8,12H,4,10-11H2/t8-/m1/s1. The van der Waals surface area contributed by atoms with Gasteiger partial charge in [0.05, 0.1) is 12.6 Å². The Hall–Kier alpha value is -1.13. The molecule has 66 valence electrons. The van der Waals surface area contributed by atoms with Crippen LogP contribution in [0.15, 0.2) is 18.2 Å². The first-order chi connectivity index (χ1) is 5.65. The second-order valence-electron chi connectivity index (χ2n) is 2.56. The number of benzene rings is 1. The van der Waals surface area contributed by atoms with Crippen LogP contribution < -0.4 is 11.5 Å². The van der Waals surface area contributed by atoms with Crippen molar-refractivity contribution in [3.8, 4) is 0 Å². The molecule has 0 fully saturated rings. The lowest BCUT2D eigenvalue weighted by molar-refractivity contribution is 0.268. The van der Waals surface area contributed by atoms with Crippen LogP contribution >= 0.6 is 0 Å². The lowest BCUT2D eigenvalue weighted by Gasteiger charge is -2.10. The Morgan fingerprint density at radius 2 is 2.17 bits per heavy atom. The number of hydrogen-bond donors (Lipinski definition) is 3. The average Bonchev–Trinajstić information content (AvgIpc) is 2.08. The highest BCUT2D eigenvalue weighted by molar-refractivity contribution is 5.48. The van der Waals surface area contributed by atoms with Crippen molar-refractivity contribution in [2.24, 2.45) is 5.73 Å². The Morgan fingerprint density at radius 1 is 1.50 bits per heavy atom. The molecule has 0 unspecified atom stereocenters. The summed E-state index contributed by atoms with van der Waals surface area (Å²) in [5, 5.41) is 8.70. The van der Waals surface area contributed by atoms with Crippen molar-refractivity contribution in [1.29, 1.82) is 0 Å². The van der Waals surface area contributed by atoms with E-state index in [0.717, 1.165) is 0 Å². The molecular weight excluding hydrogens is 159 g/mol. The van der Waals surface area contributed by atoms with Crippen LogP contribution in [0.4, 0.5) is 10.1 Å². The summed E-state index contributed by atoms with van der Waals surface area (Å²) in [6, 6.07) is 3.31. The fourth-order valence-corrected chi connectivity index (χ4v) is 0.965. The molecule has 1 rings (SSSR count). The van der Waals surface area contributed by atoms with Crippen molar-refractivity contribution >= 4 is 5.69 Å².